The van der Waals surface area contributed by atoms with E-state index in [4.69, 9.17) is 14.2 Å². The lowest BCUT2D eigenvalue weighted by Crippen LogP contribution is -2.79. The molecule has 7 nitrogen and oxygen atoms in total. The van der Waals surface area contributed by atoms with E-state index in [-0.39, 0.29) is 36.0 Å². The molecule has 6 rings (SSSR count). The topological polar surface area (TPSA) is 68.3 Å². The number of ether oxygens (including phenoxy) is 3. The van der Waals surface area contributed by atoms with Gasteiger partial charge in [0.05, 0.1) is 24.6 Å². The Morgan fingerprint density at radius 3 is 2.67 bits per heavy atom. The Labute approximate surface area is 249 Å². The van der Waals surface area contributed by atoms with Crippen LogP contribution in [0.3, 0.4) is 0 Å². The number of esters is 1. The predicted octanol–water partition coefficient (Wildman–Crippen LogP) is 5.17. The molecule has 1 saturated carbocycles. The molecule has 0 N–H and O–H groups in total. The van der Waals surface area contributed by atoms with Crippen molar-refractivity contribution < 1.29 is 23.8 Å². The zero-order valence-corrected chi connectivity index (χ0v) is 25.2. The highest BCUT2D eigenvalue weighted by molar-refractivity contribution is 5.92. The van der Waals surface area contributed by atoms with E-state index in [1.807, 2.05) is 53.5 Å². The number of likely N-dealkylation sites (tertiary alicyclic amines) is 1. The van der Waals surface area contributed by atoms with Crippen molar-refractivity contribution in [2.75, 3.05) is 26.7 Å². The summed E-state index contributed by atoms with van der Waals surface area (Å²) < 4.78 is 19.4. The van der Waals surface area contributed by atoms with Crippen LogP contribution in [0.1, 0.15) is 56.7 Å². The normalized spacial score (nSPS) is 29.1. The van der Waals surface area contributed by atoms with Crippen molar-refractivity contribution in [2.45, 2.75) is 75.7 Å². The van der Waals surface area contributed by atoms with E-state index in [0.717, 1.165) is 42.8 Å². The van der Waals surface area contributed by atoms with Crippen molar-refractivity contribution >= 4 is 18.0 Å². The van der Waals surface area contributed by atoms with Gasteiger partial charge in [0.15, 0.2) is 11.5 Å². The lowest BCUT2D eigenvalue weighted by atomic mass is 9.48. The van der Waals surface area contributed by atoms with Gasteiger partial charge in [-0.25, -0.2) is 0 Å². The Hall–Kier alpha value is -3.58. The molecular weight excluding hydrogens is 528 g/mol. The highest BCUT2D eigenvalue weighted by Crippen LogP contribution is 2.67. The van der Waals surface area contributed by atoms with Gasteiger partial charge in [-0.1, -0.05) is 56.3 Å². The number of nitrogens with zero attached hydrogens (tertiary/aromatic N) is 2. The van der Waals surface area contributed by atoms with Crippen LogP contribution in [0.15, 0.2) is 61.2 Å². The molecule has 0 radical (unpaired) electrons. The number of methoxy groups -OCH3 is 1. The predicted molar refractivity (Wildman–Crippen MR) is 163 cm³/mol. The van der Waals surface area contributed by atoms with Gasteiger partial charge in [0.2, 0.25) is 5.91 Å². The van der Waals surface area contributed by atoms with E-state index in [2.05, 4.69) is 31.4 Å². The summed E-state index contributed by atoms with van der Waals surface area (Å²) >= 11 is 0. The summed E-state index contributed by atoms with van der Waals surface area (Å²) in [6, 6.07) is 13.8. The van der Waals surface area contributed by atoms with Crippen LogP contribution in [0.4, 0.5) is 0 Å². The second-order valence-electron chi connectivity index (χ2n) is 12.6. The molecular formula is C35H42N2O5. The van der Waals surface area contributed by atoms with E-state index >= 15 is 0 Å². The highest BCUT2D eigenvalue weighted by atomic mass is 16.6. The zero-order valence-electron chi connectivity index (χ0n) is 25.2. The molecule has 2 aromatic rings. The van der Waals surface area contributed by atoms with Crippen LogP contribution < -0.4 is 9.47 Å². The summed E-state index contributed by atoms with van der Waals surface area (Å²) in [6.07, 6.45) is 7.95. The van der Waals surface area contributed by atoms with Gasteiger partial charge in [-0.2, -0.15) is 0 Å². The molecule has 42 heavy (non-hydrogen) atoms. The first-order valence-corrected chi connectivity index (χ1v) is 15.2. The number of hydrogen-bond acceptors (Lipinski definition) is 6. The van der Waals surface area contributed by atoms with Crippen molar-refractivity contribution in [1.29, 1.82) is 0 Å². The minimum absolute atomic E-state index is 0.0146. The number of amides is 1. The third-order valence-electron chi connectivity index (χ3n) is 9.86. The van der Waals surface area contributed by atoms with Crippen molar-refractivity contribution in [2.24, 2.45) is 5.92 Å². The Bertz CT molecular complexity index is 1400. The fourth-order valence-electron chi connectivity index (χ4n) is 8.50. The highest BCUT2D eigenvalue weighted by Gasteiger charge is 2.75. The molecule has 222 valence electrons. The molecule has 4 aliphatic rings. The molecule has 0 aromatic heterocycles. The largest absolute Gasteiger partial charge is 0.493 e. The SMILES string of the molecule is C=CCN1CC[C@]23c4c5ccc(OC)c4O[C@H]2[C@@H](N(CC(C)C)C(=O)C=Cc2ccccc2)CC[C@@]3(OC(C)=O)[C@H]1C5. The summed E-state index contributed by atoms with van der Waals surface area (Å²) in [5.74, 6) is 1.38. The minimum atomic E-state index is -0.779. The van der Waals surface area contributed by atoms with Crippen LogP contribution in [-0.4, -0.2) is 72.2 Å². The van der Waals surface area contributed by atoms with E-state index in [1.54, 1.807) is 13.2 Å². The van der Waals surface area contributed by atoms with Gasteiger partial charge in [-0.05, 0) is 54.9 Å². The lowest BCUT2D eigenvalue weighted by Gasteiger charge is -2.65. The van der Waals surface area contributed by atoms with Gasteiger partial charge in [0, 0.05) is 38.2 Å². The maximum Gasteiger partial charge on any atom is 0.303 e. The molecule has 5 atom stereocenters. The van der Waals surface area contributed by atoms with Gasteiger partial charge in [-0.3, -0.25) is 14.5 Å². The molecule has 1 amide bonds. The summed E-state index contributed by atoms with van der Waals surface area (Å²) in [5, 5.41) is 0. The third kappa shape index (κ3) is 4.27. The van der Waals surface area contributed by atoms with Gasteiger partial charge >= 0.3 is 5.97 Å². The maximum absolute atomic E-state index is 14.0. The monoisotopic (exact) mass is 570 g/mol. The van der Waals surface area contributed by atoms with Crippen molar-refractivity contribution in [1.82, 2.24) is 9.80 Å². The minimum Gasteiger partial charge on any atom is -0.493 e. The van der Waals surface area contributed by atoms with Crippen LogP contribution in [0.5, 0.6) is 11.5 Å². The number of piperidine rings is 1. The number of carbonyl (C=O) groups is 2. The van der Waals surface area contributed by atoms with E-state index < -0.39 is 11.0 Å². The third-order valence-corrected chi connectivity index (χ3v) is 9.86. The number of hydrogen-bond donors (Lipinski definition) is 0. The average molecular weight is 571 g/mol. The molecule has 2 aliphatic heterocycles. The summed E-state index contributed by atoms with van der Waals surface area (Å²) in [5.41, 5.74) is 1.93. The van der Waals surface area contributed by atoms with Gasteiger partial charge in [-0.15, -0.1) is 6.58 Å². The second kappa shape index (κ2) is 10.9. The molecule has 1 spiro atoms. The Morgan fingerprint density at radius 2 is 1.98 bits per heavy atom. The smallest absolute Gasteiger partial charge is 0.303 e. The first-order chi connectivity index (χ1) is 20.3. The van der Waals surface area contributed by atoms with Gasteiger partial charge in [0.25, 0.3) is 0 Å². The van der Waals surface area contributed by atoms with E-state index in [9.17, 15) is 9.59 Å². The molecule has 1 saturated heterocycles. The first kappa shape index (κ1) is 28.5. The molecule has 7 heteroatoms. The number of rotatable bonds is 9. The Kier molecular flexibility index (Phi) is 7.42. The number of carbonyl (C=O) groups excluding carboxylic acids is 2. The molecule has 2 heterocycles. The van der Waals surface area contributed by atoms with Crippen LogP contribution in [0.2, 0.25) is 0 Å². The second-order valence-corrected chi connectivity index (χ2v) is 12.6. The molecule has 2 aliphatic carbocycles. The summed E-state index contributed by atoms with van der Waals surface area (Å²) in [7, 11) is 1.67. The summed E-state index contributed by atoms with van der Waals surface area (Å²) in [4.78, 5) is 31.4. The van der Waals surface area contributed by atoms with Crippen LogP contribution in [-0.2, 0) is 26.2 Å². The zero-order chi connectivity index (χ0) is 29.6. The van der Waals surface area contributed by atoms with Gasteiger partial charge in [0.1, 0.15) is 11.7 Å². The van der Waals surface area contributed by atoms with Crippen LogP contribution >= 0.6 is 0 Å². The maximum atomic E-state index is 14.0. The van der Waals surface area contributed by atoms with E-state index in [0.29, 0.717) is 25.1 Å². The summed E-state index contributed by atoms with van der Waals surface area (Å²) in [6.45, 7) is 12.0. The van der Waals surface area contributed by atoms with Crippen molar-refractivity contribution in [3.05, 3.63) is 77.9 Å². The Morgan fingerprint density at radius 1 is 1.19 bits per heavy atom. The quantitative estimate of drug-likeness (QED) is 0.235. The molecule has 2 aromatic carbocycles. The first-order valence-electron chi connectivity index (χ1n) is 15.2. The van der Waals surface area contributed by atoms with Crippen molar-refractivity contribution in [3.63, 3.8) is 0 Å². The van der Waals surface area contributed by atoms with Crippen molar-refractivity contribution in [3.8, 4) is 11.5 Å². The average Bonchev–Trinajstić information content (AvgIpc) is 3.32. The van der Waals surface area contributed by atoms with Gasteiger partial charge < -0.3 is 19.1 Å². The number of benzene rings is 2. The molecule has 0 unspecified atom stereocenters. The molecule has 2 bridgehead atoms. The Balaban J connectivity index is 1.49. The standard InChI is InChI=1S/C35H42N2O5/c1-6-19-36-20-18-34-31-26-13-14-28(40-5)32(31)41-33(34)27(16-17-35(34,29(36)21-26)42-24(4)38)37(22-23(2)3)30(39)15-12-25-10-8-7-9-11-25/h6-15,23,27,29,33H,1,16-22H2,2-5H3/t27-,29+,33-,34-,35+/m0/s1. The molecule has 2 fully saturated rings. The fourth-order valence-corrected chi connectivity index (χ4v) is 8.50. The van der Waals surface area contributed by atoms with Crippen LogP contribution in [0, 0.1) is 5.92 Å². The van der Waals surface area contributed by atoms with E-state index in [1.165, 1.54) is 12.5 Å². The van der Waals surface area contributed by atoms with Crippen LogP contribution in [0.25, 0.3) is 6.08 Å². The fraction of sp³-hybridized carbons (Fsp3) is 0.486. The lowest BCUT2D eigenvalue weighted by molar-refractivity contribution is -0.223.